The summed E-state index contributed by atoms with van der Waals surface area (Å²) in [4.78, 5) is 5.74. The largest absolute Gasteiger partial charge is 0.313 e. The fourth-order valence-electron chi connectivity index (χ4n) is 1.95. The van der Waals surface area contributed by atoms with E-state index in [9.17, 15) is 4.39 Å². The average Bonchev–Trinajstić information content (AvgIpc) is 2.69. The summed E-state index contributed by atoms with van der Waals surface area (Å²) >= 11 is 5.06. The predicted molar refractivity (Wildman–Crippen MR) is 81.2 cm³/mol. The molecule has 0 fully saturated rings. The van der Waals surface area contributed by atoms with Crippen molar-refractivity contribution in [1.29, 1.82) is 0 Å². The minimum atomic E-state index is -0.187. The number of likely N-dealkylation sites (N-methyl/N-ethyl adjacent to an activating group) is 1. The Morgan fingerprint density at radius 1 is 1.42 bits per heavy atom. The minimum Gasteiger partial charge on any atom is -0.313 e. The number of aryl methyl sites for hydroxylation is 2. The summed E-state index contributed by atoms with van der Waals surface area (Å²) in [6, 6.07) is 4.96. The van der Waals surface area contributed by atoms with Crippen LogP contribution in [-0.4, -0.2) is 12.0 Å². The first-order valence-electron chi connectivity index (χ1n) is 6.06. The van der Waals surface area contributed by atoms with Gasteiger partial charge in [0.25, 0.3) is 0 Å². The summed E-state index contributed by atoms with van der Waals surface area (Å²) in [6.07, 6.45) is 0.698. The summed E-state index contributed by atoms with van der Waals surface area (Å²) < 4.78 is 14.8. The molecular weight excluding hydrogens is 327 g/mol. The molecule has 0 spiro atoms. The van der Waals surface area contributed by atoms with Crippen LogP contribution in [0.4, 0.5) is 4.39 Å². The van der Waals surface area contributed by atoms with Gasteiger partial charge < -0.3 is 5.32 Å². The topological polar surface area (TPSA) is 24.9 Å². The van der Waals surface area contributed by atoms with E-state index in [0.29, 0.717) is 12.0 Å². The van der Waals surface area contributed by atoms with E-state index < -0.39 is 0 Å². The standard InChI is InChI=1S/C14H16BrFN2S/c1-8-9(2)19-14(18-8)7-13(17-3)11-6-10(15)4-5-12(11)16/h4-6,13,17H,7H2,1-3H3. The van der Waals surface area contributed by atoms with Crippen molar-refractivity contribution in [2.24, 2.45) is 0 Å². The maximum Gasteiger partial charge on any atom is 0.128 e. The third kappa shape index (κ3) is 3.41. The van der Waals surface area contributed by atoms with E-state index in [-0.39, 0.29) is 11.9 Å². The quantitative estimate of drug-likeness (QED) is 0.902. The van der Waals surface area contributed by atoms with Crippen LogP contribution in [0, 0.1) is 19.7 Å². The molecule has 102 valence electrons. The van der Waals surface area contributed by atoms with Crippen LogP contribution in [0.2, 0.25) is 0 Å². The van der Waals surface area contributed by atoms with Crippen LogP contribution in [0.15, 0.2) is 22.7 Å². The molecule has 1 aromatic heterocycles. The monoisotopic (exact) mass is 342 g/mol. The van der Waals surface area contributed by atoms with Crippen LogP contribution >= 0.6 is 27.3 Å². The smallest absolute Gasteiger partial charge is 0.128 e. The first-order chi connectivity index (χ1) is 9.01. The van der Waals surface area contributed by atoms with Crippen molar-refractivity contribution in [2.75, 3.05) is 7.05 Å². The Bertz CT molecular complexity index is 563. The number of aromatic nitrogens is 1. The molecule has 1 atom stereocenters. The molecule has 2 nitrogen and oxygen atoms in total. The van der Waals surface area contributed by atoms with Crippen molar-refractivity contribution >= 4 is 27.3 Å². The highest BCUT2D eigenvalue weighted by Gasteiger charge is 2.17. The third-order valence-electron chi connectivity index (χ3n) is 3.13. The van der Waals surface area contributed by atoms with E-state index in [2.05, 4.69) is 33.2 Å². The molecule has 0 saturated carbocycles. The first-order valence-corrected chi connectivity index (χ1v) is 7.67. The van der Waals surface area contributed by atoms with Crippen LogP contribution in [-0.2, 0) is 6.42 Å². The summed E-state index contributed by atoms with van der Waals surface area (Å²) in [5.41, 5.74) is 1.73. The van der Waals surface area contributed by atoms with Gasteiger partial charge in [0.2, 0.25) is 0 Å². The van der Waals surface area contributed by atoms with Gasteiger partial charge >= 0.3 is 0 Å². The SMILES string of the molecule is CNC(Cc1nc(C)c(C)s1)c1cc(Br)ccc1F. The van der Waals surface area contributed by atoms with Crippen LogP contribution < -0.4 is 5.32 Å². The lowest BCUT2D eigenvalue weighted by molar-refractivity contribution is 0.532. The van der Waals surface area contributed by atoms with E-state index in [1.54, 1.807) is 17.4 Å². The highest BCUT2D eigenvalue weighted by Crippen LogP contribution is 2.26. The molecule has 1 unspecified atom stereocenters. The van der Waals surface area contributed by atoms with Gasteiger partial charge in [-0.2, -0.15) is 0 Å². The molecule has 1 heterocycles. The number of hydrogen-bond acceptors (Lipinski definition) is 3. The Morgan fingerprint density at radius 3 is 2.74 bits per heavy atom. The van der Waals surface area contributed by atoms with Gasteiger partial charge in [-0.1, -0.05) is 15.9 Å². The molecule has 0 bridgehead atoms. The molecule has 1 N–H and O–H groups in total. The number of nitrogens with one attached hydrogen (secondary N) is 1. The molecule has 0 radical (unpaired) electrons. The fourth-order valence-corrected chi connectivity index (χ4v) is 3.31. The zero-order valence-electron chi connectivity index (χ0n) is 11.1. The average molecular weight is 343 g/mol. The number of hydrogen-bond donors (Lipinski definition) is 1. The molecule has 19 heavy (non-hydrogen) atoms. The van der Waals surface area contributed by atoms with Crippen LogP contribution in [0.25, 0.3) is 0 Å². The zero-order chi connectivity index (χ0) is 14.0. The van der Waals surface area contributed by atoms with Crippen molar-refractivity contribution in [3.63, 3.8) is 0 Å². The van der Waals surface area contributed by atoms with Gasteiger partial charge in [-0.3, -0.25) is 0 Å². The Hall–Kier alpha value is -0.780. The van der Waals surface area contributed by atoms with E-state index in [0.717, 1.165) is 15.2 Å². The lowest BCUT2D eigenvalue weighted by Gasteiger charge is -2.16. The number of nitrogens with zero attached hydrogens (tertiary/aromatic N) is 1. The number of halogens is 2. The molecule has 2 aromatic rings. The van der Waals surface area contributed by atoms with Gasteiger partial charge in [0.1, 0.15) is 5.82 Å². The van der Waals surface area contributed by atoms with Crippen molar-refractivity contribution in [1.82, 2.24) is 10.3 Å². The van der Waals surface area contributed by atoms with Gasteiger partial charge in [-0.25, -0.2) is 9.37 Å². The Labute approximate surface area is 125 Å². The molecular formula is C14H16BrFN2S. The first kappa shape index (κ1) is 14.6. The predicted octanol–water partition coefficient (Wildman–Crippen LogP) is 4.16. The van der Waals surface area contributed by atoms with Crippen LogP contribution in [0.5, 0.6) is 0 Å². The lowest BCUT2D eigenvalue weighted by Crippen LogP contribution is -2.20. The van der Waals surface area contributed by atoms with Gasteiger partial charge in [0, 0.05) is 27.4 Å². The van der Waals surface area contributed by atoms with Crippen LogP contribution in [0.3, 0.4) is 0 Å². The van der Waals surface area contributed by atoms with Gasteiger partial charge in [-0.15, -0.1) is 11.3 Å². The Kier molecular flexibility index (Phi) is 4.71. The van der Waals surface area contributed by atoms with Gasteiger partial charge in [0.15, 0.2) is 0 Å². The minimum absolute atomic E-state index is 0.0672. The highest BCUT2D eigenvalue weighted by atomic mass is 79.9. The molecule has 0 amide bonds. The Morgan fingerprint density at radius 2 is 2.16 bits per heavy atom. The molecule has 0 aliphatic rings. The number of thiazole rings is 1. The maximum atomic E-state index is 13.9. The summed E-state index contributed by atoms with van der Waals surface area (Å²) in [5, 5.41) is 4.21. The van der Waals surface area contributed by atoms with Crippen molar-refractivity contribution in [3.8, 4) is 0 Å². The zero-order valence-corrected chi connectivity index (χ0v) is 13.5. The molecule has 0 saturated heterocycles. The number of benzene rings is 1. The molecule has 0 aliphatic heterocycles. The summed E-state index contributed by atoms with van der Waals surface area (Å²) in [5.74, 6) is -0.187. The van der Waals surface area contributed by atoms with E-state index >= 15 is 0 Å². The summed E-state index contributed by atoms with van der Waals surface area (Å²) in [6.45, 7) is 4.06. The van der Waals surface area contributed by atoms with Crippen molar-refractivity contribution in [3.05, 3.63) is 49.6 Å². The maximum absolute atomic E-state index is 13.9. The molecule has 0 aliphatic carbocycles. The second-order valence-corrected chi connectivity index (χ2v) is 6.66. The highest BCUT2D eigenvalue weighted by molar-refractivity contribution is 9.10. The van der Waals surface area contributed by atoms with Crippen LogP contribution in [0.1, 0.15) is 27.2 Å². The second kappa shape index (κ2) is 6.11. The molecule has 1 aromatic carbocycles. The van der Waals surface area contributed by atoms with Gasteiger partial charge in [-0.05, 0) is 39.1 Å². The third-order valence-corrected chi connectivity index (χ3v) is 4.72. The lowest BCUT2D eigenvalue weighted by atomic mass is 10.0. The second-order valence-electron chi connectivity index (χ2n) is 4.46. The Balaban J connectivity index is 2.27. The van der Waals surface area contributed by atoms with Gasteiger partial charge in [0.05, 0.1) is 10.7 Å². The van der Waals surface area contributed by atoms with E-state index in [4.69, 9.17) is 0 Å². The molecule has 2 rings (SSSR count). The van der Waals surface area contributed by atoms with E-state index in [1.807, 2.05) is 20.0 Å². The van der Waals surface area contributed by atoms with Crippen molar-refractivity contribution in [2.45, 2.75) is 26.3 Å². The van der Waals surface area contributed by atoms with Crippen molar-refractivity contribution < 1.29 is 4.39 Å². The van der Waals surface area contributed by atoms with E-state index in [1.165, 1.54) is 10.9 Å². The molecule has 5 heteroatoms. The normalized spacial score (nSPS) is 12.7. The summed E-state index contributed by atoms with van der Waals surface area (Å²) in [7, 11) is 1.85. The number of rotatable bonds is 4. The fraction of sp³-hybridized carbons (Fsp3) is 0.357.